The number of allylic oxidation sites excluding steroid dienone is 3. The molecule has 2 fully saturated rings. The van der Waals surface area contributed by atoms with Crippen molar-refractivity contribution in [2.24, 2.45) is 0 Å². The molecule has 2 aliphatic rings. The first-order chi connectivity index (χ1) is 40.1. The first kappa shape index (κ1) is 76.6. The molecule has 0 bridgehead atoms. The highest BCUT2D eigenvalue weighted by atomic mass is 16.7. The van der Waals surface area contributed by atoms with Gasteiger partial charge in [0.2, 0.25) is 5.91 Å². The first-order valence-electron chi connectivity index (χ1n) is 34.6. The van der Waals surface area contributed by atoms with Crippen LogP contribution < -0.4 is 5.32 Å². The molecule has 0 aromatic rings. The van der Waals surface area contributed by atoms with Crippen LogP contribution in [0.25, 0.3) is 0 Å². The van der Waals surface area contributed by atoms with E-state index < -0.39 is 86.8 Å². The van der Waals surface area contributed by atoms with Crippen LogP contribution in [0.2, 0.25) is 0 Å². The Hall–Kier alpha value is -1.53. The maximum atomic E-state index is 13.3. The summed E-state index contributed by atoms with van der Waals surface area (Å²) in [5.41, 5.74) is 0. The molecule has 14 heteroatoms. The second-order valence-electron chi connectivity index (χ2n) is 24.7. The molecule has 0 radical (unpaired) electrons. The molecule has 484 valence electrons. The molecule has 12 atom stereocenters. The highest BCUT2D eigenvalue weighted by molar-refractivity contribution is 5.76. The molecule has 0 saturated carbocycles. The minimum absolute atomic E-state index is 0.235. The van der Waals surface area contributed by atoms with Gasteiger partial charge in [-0.05, 0) is 44.9 Å². The number of unbranched alkanes of at least 4 members (excludes halogenated alkanes) is 42. The number of hydrogen-bond acceptors (Lipinski definition) is 13. The molecule has 0 spiro atoms. The van der Waals surface area contributed by atoms with Crippen molar-refractivity contribution in [3.05, 3.63) is 24.3 Å². The zero-order chi connectivity index (χ0) is 59.5. The van der Waals surface area contributed by atoms with Crippen LogP contribution in [-0.2, 0) is 23.7 Å². The largest absolute Gasteiger partial charge is 0.394 e. The van der Waals surface area contributed by atoms with Crippen molar-refractivity contribution in [2.75, 3.05) is 19.8 Å². The number of rotatable bonds is 57. The Kier molecular flexibility index (Phi) is 50.1. The summed E-state index contributed by atoms with van der Waals surface area (Å²) in [5.74, 6) is -0.235. The highest BCUT2D eigenvalue weighted by Gasteiger charge is 2.51. The predicted octanol–water partition coefficient (Wildman–Crippen LogP) is 13.6. The summed E-state index contributed by atoms with van der Waals surface area (Å²) in [6, 6.07) is -0.914. The van der Waals surface area contributed by atoms with Crippen LogP contribution in [0.1, 0.15) is 309 Å². The average molecular weight is 1170 g/mol. The predicted molar refractivity (Wildman–Crippen MR) is 332 cm³/mol. The Morgan fingerprint density at radius 1 is 0.427 bits per heavy atom. The van der Waals surface area contributed by atoms with E-state index in [2.05, 4.69) is 31.3 Å². The monoisotopic (exact) mass is 1170 g/mol. The number of amides is 1. The molecule has 1 amide bonds. The Morgan fingerprint density at radius 3 is 1.16 bits per heavy atom. The summed E-state index contributed by atoms with van der Waals surface area (Å²) in [6.45, 7) is 2.85. The van der Waals surface area contributed by atoms with Crippen LogP contribution in [0, 0.1) is 0 Å². The standard InChI is InChI=1S/C68H129NO13/c1-3-5-7-9-11-13-15-17-19-21-23-25-27-28-30-31-33-35-37-39-41-43-45-47-49-51-57(72)56(55-79-67-65(78)63(76)66(59(54-71)81-67)82-68-64(77)62(75)61(74)58(53-70)80-68)69-60(73)52-50-48-46-44-42-40-38-36-34-32-29-26-24-22-20-18-16-14-12-10-8-6-4-2/h22,24,49,51,56-59,61-68,70-72,74-78H,3-21,23,25-48,50,52-55H2,1-2H3,(H,69,73)/b24-22-,51-49+. The van der Waals surface area contributed by atoms with Crippen molar-refractivity contribution >= 4 is 5.91 Å². The molecule has 2 heterocycles. The van der Waals surface area contributed by atoms with Crippen molar-refractivity contribution in [2.45, 2.75) is 383 Å². The van der Waals surface area contributed by atoms with Crippen LogP contribution in [0.3, 0.4) is 0 Å². The summed E-state index contributed by atoms with van der Waals surface area (Å²) in [6.07, 6.45) is 49.4. The molecule has 2 saturated heterocycles. The fourth-order valence-electron chi connectivity index (χ4n) is 11.6. The first-order valence-corrected chi connectivity index (χ1v) is 34.6. The third kappa shape index (κ3) is 37.9. The quantitative estimate of drug-likeness (QED) is 0.0204. The lowest BCUT2D eigenvalue weighted by atomic mass is 9.97. The van der Waals surface area contributed by atoms with Crippen molar-refractivity contribution in [3.63, 3.8) is 0 Å². The lowest BCUT2D eigenvalue weighted by Crippen LogP contribution is -2.65. The third-order valence-electron chi connectivity index (χ3n) is 17.1. The van der Waals surface area contributed by atoms with E-state index >= 15 is 0 Å². The van der Waals surface area contributed by atoms with Crippen LogP contribution in [-0.4, -0.2) is 140 Å². The van der Waals surface area contributed by atoms with Gasteiger partial charge in [-0.3, -0.25) is 4.79 Å². The van der Waals surface area contributed by atoms with Gasteiger partial charge in [-0.15, -0.1) is 0 Å². The second kappa shape index (κ2) is 53.7. The number of ether oxygens (including phenoxy) is 4. The number of carbonyl (C=O) groups is 1. The van der Waals surface area contributed by atoms with E-state index in [-0.39, 0.29) is 18.9 Å². The normalized spacial score (nSPS) is 24.0. The molecular formula is C68H129NO13. The molecule has 0 aliphatic carbocycles. The number of aliphatic hydroxyl groups excluding tert-OH is 8. The van der Waals surface area contributed by atoms with E-state index in [0.717, 1.165) is 38.5 Å². The number of aliphatic hydroxyl groups is 8. The fraction of sp³-hybridized carbons (Fsp3) is 0.926. The van der Waals surface area contributed by atoms with E-state index in [0.29, 0.717) is 6.42 Å². The van der Waals surface area contributed by atoms with Crippen LogP contribution in [0.5, 0.6) is 0 Å². The van der Waals surface area contributed by atoms with Gasteiger partial charge in [0.25, 0.3) is 0 Å². The molecule has 2 rings (SSSR count). The number of carbonyl (C=O) groups excluding carboxylic acids is 1. The summed E-state index contributed by atoms with van der Waals surface area (Å²) < 4.78 is 22.9. The molecule has 14 nitrogen and oxygen atoms in total. The lowest BCUT2D eigenvalue weighted by Gasteiger charge is -2.46. The zero-order valence-electron chi connectivity index (χ0n) is 52.5. The van der Waals surface area contributed by atoms with Crippen molar-refractivity contribution in [1.29, 1.82) is 0 Å². The van der Waals surface area contributed by atoms with Gasteiger partial charge >= 0.3 is 0 Å². The maximum Gasteiger partial charge on any atom is 0.220 e. The molecular weight excluding hydrogens is 1040 g/mol. The Labute approximate surface area is 500 Å². The topological polar surface area (TPSA) is 228 Å². The number of nitrogens with one attached hydrogen (secondary N) is 1. The molecule has 9 N–H and O–H groups in total. The van der Waals surface area contributed by atoms with Gasteiger partial charge in [0.05, 0.1) is 32.0 Å². The molecule has 82 heavy (non-hydrogen) atoms. The van der Waals surface area contributed by atoms with E-state index in [1.807, 2.05) is 6.08 Å². The van der Waals surface area contributed by atoms with E-state index in [1.165, 1.54) is 244 Å². The average Bonchev–Trinajstić information content (AvgIpc) is 3.53. The maximum absolute atomic E-state index is 13.3. The molecule has 12 unspecified atom stereocenters. The van der Waals surface area contributed by atoms with Gasteiger partial charge < -0.3 is 65.1 Å². The number of hydrogen-bond donors (Lipinski definition) is 9. The Balaban J connectivity index is 1.70. The van der Waals surface area contributed by atoms with Gasteiger partial charge in [0.15, 0.2) is 12.6 Å². The van der Waals surface area contributed by atoms with E-state index in [9.17, 15) is 45.6 Å². The second-order valence-corrected chi connectivity index (χ2v) is 24.7. The minimum atomic E-state index is -1.79. The summed E-state index contributed by atoms with van der Waals surface area (Å²) in [7, 11) is 0. The van der Waals surface area contributed by atoms with Gasteiger partial charge in [-0.25, -0.2) is 0 Å². The van der Waals surface area contributed by atoms with Crippen molar-refractivity contribution in [3.8, 4) is 0 Å². The van der Waals surface area contributed by atoms with Crippen LogP contribution >= 0.6 is 0 Å². The summed E-state index contributed by atoms with van der Waals surface area (Å²) >= 11 is 0. The van der Waals surface area contributed by atoms with Crippen molar-refractivity contribution < 1.29 is 64.6 Å². The molecule has 2 aliphatic heterocycles. The minimum Gasteiger partial charge on any atom is -0.394 e. The van der Waals surface area contributed by atoms with Crippen LogP contribution in [0.15, 0.2) is 24.3 Å². The van der Waals surface area contributed by atoms with Crippen molar-refractivity contribution in [1.82, 2.24) is 5.32 Å². The van der Waals surface area contributed by atoms with Gasteiger partial charge in [0, 0.05) is 6.42 Å². The highest BCUT2D eigenvalue weighted by Crippen LogP contribution is 2.30. The van der Waals surface area contributed by atoms with Gasteiger partial charge in [-0.1, -0.05) is 282 Å². The summed E-state index contributed by atoms with van der Waals surface area (Å²) in [5, 5.41) is 87.4. The third-order valence-corrected chi connectivity index (χ3v) is 17.1. The SMILES string of the molecule is CCCCCCCCCC/C=C\CCCCCCCCCCCCCC(=O)NC(COC1OC(CO)C(OC2OC(CO)C(O)C(O)C2O)C(O)C1O)C(O)/C=C/CCCCCCCCCCCCCCCCCCCCCCCCC. The van der Waals surface area contributed by atoms with E-state index in [4.69, 9.17) is 18.9 Å². The Bertz CT molecular complexity index is 1470. The lowest BCUT2D eigenvalue weighted by molar-refractivity contribution is -0.359. The van der Waals surface area contributed by atoms with Gasteiger partial charge in [-0.2, -0.15) is 0 Å². The Morgan fingerprint density at radius 2 is 0.768 bits per heavy atom. The molecule has 0 aromatic carbocycles. The van der Waals surface area contributed by atoms with Gasteiger partial charge in [0.1, 0.15) is 48.8 Å². The fourth-order valence-corrected chi connectivity index (χ4v) is 11.6. The van der Waals surface area contributed by atoms with Crippen LogP contribution in [0.4, 0.5) is 0 Å². The smallest absolute Gasteiger partial charge is 0.220 e. The zero-order valence-corrected chi connectivity index (χ0v) is 52.5. The van der Waals surface area contributed by atoms with E-state index in [1.54, 1.807) is 6.08 Å². The summed E-state index contributed by atoms with van der Waals surface area (Å²) in [4.78, 5) is 13.3. The molecule has 0 aromatic heterocycles.